The summed E-state index contributed by atoms with van der Waals surface area (Å²) in [6, 6.07) is 0. The van der Waals surface area contributed by atoms with Crippen molar-refractivity contribution in [3.05, 3.63) is 0 Å². The van der Waals surface area contributed by atoms with Crippen molar-refractivity contribution in [3.8, 4) is 0 Å². The minimum Gasteiger partial charge on any atom is -0.462 e. The molecular formula is C74H144O17P2. The molecule has 0 rings (SSSR count). The summed E-state index contributed by atoms with van der Waals surface area (Å²) in [5.74, 6) is -0.531. The van der Waals surface area contributed by atoms with E-state index in [4.69, 9.17) is 37.0 Å². The number of carbonyl (C=O) groups excluding carboxylic acids is 4. The smallest absolute Gasteiger partial charge is 0.462 e. The first-order valence-electron chi connectivity index (χ1n) is 38.5. The Labute approximate surface area is 568 Å². The molecule has 0 aromatic rings. The third kappa shape index (κ3) is 68.4. The molecule has 2 unspecified atom stereocenters. The average molecular weight is 1370 g/mol. The predicted octanol–water partition coefficient (Wildman–Crippen LogP) is 21.6. The molecule has 0 saturated carbocycles. The normalized spacial score (nSPS) is 14.1. The van der Waals surface area contributed by atoms with Crippen LogP contribution in [0.2, 0.25) is 0 Å². The summed E-state index contributed by atoms with van der Waals surface area (Å²) in [6.45, 7) is 9.58. The van der Waals surface area contributed by atoms with Gasteiger partial charge in [-0.15, -0.1) is 0 Å². The number of unbranched alkanes of at least 4 members (excludes halogenated alkanes) is 43. The molecule has 0 aliphatic rings. The van der Waals surface area contributed by atoms with Crippen LogP contribution in [0.4, 0.5) is 0 Å². The zero-order chi connectivity index (χ0) is 68.6. The Hall–Kier alpha value is -1.94. The lowest BCUT2D eigenvalue weighted by Gasteiger charge is -2.21. The van der Waals surface area contributed by atoms with Gasteiger partial charge in [0.25, 0.3) is 0 Å². The zero-order valence-corrected chi connectivity index (χ0v) is 62.3. The molecule has 0 aromatic carbocycles. The van der Waals surface area contributed by atoms with Crippen molar-refractivity contribution in [3.63, 3.8) is 0 Å². The molecule has 5 atom stereocenters. The van der Waals surface area contributed by atoms with Gasteiger partial charge in [0.15, 0.2) is 12.2 Å². The lowest BCUT2D eigenvalue weighted by atomic mass is 10.0. The Morgan fingerprint density at radius 1 is 0.290 bits per heavy atom. The maximum absolute atomic E-state index is 13.1. The highest BCUT2D eigenvalue weighted by Gasteiger charge is 2.30. The van der Waals surface area contributed by atoms with Crippen molar-refractivity contribution in [2.75, 3.05) is 39.6 Å². The molecule has 0 bridgehead atoms. The van der Waals surface area contributed by atoms with Gasteiger partial charge >= 0.3 is 39.5 Å². The Morgan fingerprint density at radius 2 is 0.495 bits per heavy atom. The number of phosphoric acid groups is 2. The summed E-state index contributed by atoms with van der Waals surface area (Å²) in [5, 5.41) is 10.6. The quantitative estimate of drug-likeness (QED) is 0.0222. The van der Waals surface area contributed by atoms with Crippen molar-refractivity contribution in [2.24, 2.45) is 11.8 Å². The Morgan fingerprint density at radius 3 is 0.731 bits per heavy atom. The maximum Gasteiger partial charge on any atom is 0.472 e. The first-order chi connectivity index (χ1) is 44.9. The van der Waals surface area contributed by atoms with E-state index < -0.39 is 97.5 Å². The molecule has 0 aliphatic heterocycles. The minimum absolute atomic E-state index is 0.107. The van der Waals surface area contributed by atoms with Crippen molar-refractivity contribution >= 4 is 39.5 Å². The summed E-state index contributed by atoms with van der Waals surface area (Å²) in [6.07, 6.45) is 52.8. The van der Waals surface area contributed by atoms with Crippen LogP contribution in [0.5, 0.6) is 0 Å². The molecule has 0 radical (unpaired) electrons. The fourth-order valence-corrected chi connectivity index (χ4v) is 12.9. The van der Waals surface area contributed by atoms with Crippen LogP contribution in [-0.4, -0.2) is 96.7 Å². The Balaban J connectivity index is 5.19. The van der Waals surface area contributed by atoms with Crippen molar-refractivity contribution in [1.82, 2.24) is 0 Å². The van der Waals surface area contributed by atoms with Gasteiger partial charge in [0.1, 0.15) is 19.3 Å². The first kappa shape index (κ1) is 91.1. The van der Waals surface area contributed by atoms with E-state index in [0.717, 1.165) is 115 Å². The molecule has 0 amide bonds. The van der Waals surface area contributed by atoms with Gasteiger partial charge in [0, 0.05) is 25.7 Å². The Kier molecular flexibility index (Phi) is 64.6. The van der Waals surface area contributed by atoms with E-state index in [-0.39, 0.29) is 25.7 Å². The van der Waals surface area contributed by atoms with Crippen LogP contribution in [0.15, 0.2) is 0 Å². The van der Waals surface area contributed by atoms with Gasteiger partial charge in [-0.3, -0.25) is 37.3 Å². The molecule has 17 nitrogen and oxygen atoms in total. The highest BCUT2D eigenvalue weighted by atomic mass is 31.2. The van der Waals surface area contributed by atoms with Gasteiger partial charge in [-0.25, -0.2) is 9.13 Å². The van der Waals surface area contributed by atoms with E-state index in [9.17, 15) is 43.2 Å². The third-order valence-electron chi connectivity index (χ3n) is 17.2. The second kappa shape index (κ2) is 66.0. The number of ether oxygens (including phenoxy) is 4. The lowest BCUT2D eigenvalue weighted by Crippen LogP contribution is -2.30. The van der Waals surface area contributed by atoms with Crippen LogP contribution in [-0.2, 0) is 65.4 Å². The second-order valence-electron chi connectivity index (χ2n) is 27.6. The molecule has 0 spiro atoms. The summed E-state index contributed by atoms with van der Waals surface area (Å²) < 4.78 is 68.3. The number of esters is 4. The Bertz CT molecular complexity index is 1800. The molecular weight excluding hydrogens is 1220 g/mol. The molecule has 3 N–H and O–H groups in total. The number of aliphatic hydroxyl groups is 1. The number of hydrogen-bond acceptors (Lipinski definition) is 15. The zero-order valence-electron chi connectivity index (χ0n) is 60.6. The maximum atomic E-state index is 13.1. The third-order valence-corrected chi connectivity index (χ3v) is 19.1. The number of rotatable bonds is 73. The summed E-state index contributed by atoms with van der Waals surface area (Å²) in [7, 11) is -9.90. The van der Waals surface area contributed by atoms with E-state index in [0.29, 0.717) is 25.7 Å². The largest absolute Gasteiger partial charge is 0.472 e. The van der Waals surface area contributed by atoms with E-state index in [1.54, 1.807) is 0 Å². The van der Waals surface area contributed by atoms with Crippen molar-refractivity contribution in [1.29, 1.82) is 0 Å². The molecule has 0 saturated heterocycles. The van der Waals surface area contributed by atoms with E-state index in [2.05, 4.69) is 41.5 Å². The van der Waals surface area contributed by atoms with Crippen LogP contribution in [0, 0.1) is 11.8 Å². The van der Waals surface area contributed by atoms with Crippen LogP contribution < -0.4 is 0 Å². The van der Waals surface area contributed by atoms with E-state index in [1.165, 1.54) is 186 Å². The van der Waals surface area contributed by atoms with Crippen LogP contribution in [0.25, 0.3) is 0 Å². The number of carbonyl (C=O) groups is 4. The average Bonchev–Trinajstić information content (AvgIpc) is 1.50. The fourth-order valence-electron chi connectivity index (χ4n) is 11.3. The molecule has 0 fully saturated rings. The molecule has 93 heavy (non-hydrogen) atoms. The van der Waals surface area contributed by atoms with E-state index in [1.807, 2.05) is 0 Å². The van der Waals surface area contributed by atoms with Crippen molar-refractivity contribution in [2.45, 2.75) is 400 Å². The standard InChI is InChI=1S/C74H144O17P2/c1-7-9-11-13-15-16-17-28-34-40-46-52-58-73(78)90-69(62-84-71(76)56-50-44-36-14-12-10-8-2)64-88-92(80,81)86-60-68(75)61-87-93(82,83)89-65-70(63-85-72(77)57-51-45-39-33-29-25-24-27-32-38-43-49-55-67(5)6)91-74(79)59-53-47-41-35-30-23-21-19-18-20-22-26-31-37-42-48-54-66(3)4/h66-70,75H,7-65H2,1-6H3,(H,80,81)(H,82,83)/t68-,69+,70+/m0/s1. The van der Waals surface area contributed by atoms with Gasteiger partial charge in [-0.2, -0.15) is 0 Å². The fraction of sp³-hybridized carbons (Fsp3) is 0.946. The molecule has 0 heterocycles. The van der Waals surface area contributed by atoms with Gasteiger partial charge in [0.05, 0.1) is 26.4 Å². The first-order valence-corrected chi connectivity index (χ1v) is 41.5. The lowest BCUT2D eigenvalue weighted by molar-refractivity contribution is -0.161. The molecule has 552 valence electrons. The van der Waals surface area contributed by atoms with Gasteiger partial charge in [0.2, 0.25) is 0 Å². The molecule has 0 aromatic heterocycles. The van der Waals surface area contributed by atoms with Crippen LogP contribution in [0.3, 0.4) is 0 Å². The second-order valence-corrected chi connectivity index (χ2v) is 30.5. The predicted molar refractivity (Wildman–Crippen MR) is 377 cm³/mol. The minimum atomic E-state index is -4.95. The van der Waals surface area contributed by atoms with Crippen molar-refractivity contribution < 1.29 is 80.2 Å². The van der Waals surface area contributed by atoms with Crippen LogP contribution >= 0.6 is 15.6 Å². The molecule has 19 heteroatoms. The SMILES string of the molecule is CCCCCCCCCCCCCCC(=O)O[C@H](COC(=O)CCCCCCCCC)COP(=O)(O)OC[C@H](O)COP(=O)(O)OC[C@@H](COC(=O)CCCCCCCCCCCCCCC(C)C)OC(=O)CCCCCCCCCCCCCCCCCCC(C)C. The summed E-state index contributed by atoms with van der Waals surface area (Å²) in [5.41, 5.74) is 0. The number of phosphoric ester groups is 2. The highest BCUT2D eigenvalue weighted by Crippen LogP contribution is 2.45. The monoisotopic (exact) mass is 1370 g/mol. The van der Waals surface area contributed by atoms with Gasteiger partial charge in [-0.05, 0) is 37.5 Å². The summed E-state index contributed by atoms with van der Waals surface area (Å²) in [4.78, 5) is 72.6. The number of aliphatic hydroxyl groups excluding tert-OH is 1. The topological polar surface area (TPSA) is 237 Å². The molecule has 0 aliphatic carbocycles. The van der Waals surface area contributed by atoms with E-state index >= 15 is 0 Å². The van der Waals surface area contributed by atoms with Gasteiger partial charge in [-0.1, -0.05) is 330 Å². The summed E-state index contributed by atoms with van der Waals surface area (Å²) >= 11 is 0. The highest BCUT2D eigenvalue weighted by molar-refractivity contribution is 7.47. The number of hydrogen-bond donors (Lipinski definition) is 3. The van der Waals surface area contributed by atoms with Crippen LogP contribution in [0.1, 0.15) is 382 Å². The van der Waals surface area contributed by atoms with Gasteiger partial charge < -0.3 is 33.8 Å².